The van der Waals surface area contributed by atoms with E-state index in [1.807, 2.05) is 6.92 Å². The molecule has 2 rings (SSSR count). The number of nitro benzene ring substituents is 1. The van der Waals surface area contributed by atoms with Crippen molar-refractivity contribution < 1.29 is 4.92 Å². The number of allylic oxidation sites excluding steroid dienone is 1. The lowest BCUT2D eigenvalue weighted by atomic mass is 10.2. The summed E-state index contributed by atoms with van der Waals surface area (Å²) in [5, 5.41) is 15.8. The molecule has 2 aromatic rings. The summed E-state index contributed by atoms with van der Waals surface area (Å²) in [7, 11) is 0. The first kappa shape index (κ1) is 10.4. The van der Waals surface area contributed by atoms with Gasteiger partial charge in [-0.25, -0.2) is 0 Å². The van der Waals surface area contributed by atoms with Gasteiger partial charge in [-0.05, 0) is 13.0 Å². The number of hydrogen-bond acceptors (Lipinski definition) is 3. The minimum atomic E-state index is -0.399. The number of benzene rings is 1. The zero-order valence-electron chi connectivity index (χ0n) is 8.88. The molecule has 1 heterocycles. The quantitative estimate of drug-likeness (QED) is 0.450. The van der Waals surface area contributed by atoms with Crippen molar-refractivity contribution in [3.63, 3.8) is 0 Å². The number of fused-ring (bicyclic) bond motifs is 1. The molecule has 82 valence electrons. The van der Waals surface area contributed by atoms with Crippen LogP contribution in [0.5, 0.6) is 0 Å². The van der Waals surface area contributed by atoms with Gasteiger partial charge in [0.25, 0.3) is 5.69 Å². The van der Waals surface area contributed by atoms with Gasteiger partial charge in [-0.2, -0.15) is 5.10 Å². The first-order chi connectivity index (χ1) is 7.63. The fourth-order valence-electron chi connectivity index (χ4n) is 1.70. The molecule has 0 saturated heterocycles. The number of rotatable bonds is 3. The molecule has 0 aliphatic rings. The van der Waals surface area contributed by atoms with E-state index in [4.69, 9.17) is 0 Å². The smallest absolute Gasteiger partial charge is 0.261 e. The molecule has 0 bridgehead atoms. The van der Waals surface area contributed by atoms with Crippen molar-refractivity contribution in [2.24, 2.45) is 0 Å². The molecule has 0 spiro atoms. The summed E-state index contributed by atoms with van der Waals surface area (Å²) >= 11 is 0. The Hall–Kier alpha value is -2.17. The predicted molar refractivity (Wildman–Crippen MR) is 61.3 cm³/mol. The summed E-state index contributed by atoms with van der Waals surface area (Å²) in [6.07, 6.45) is 1.74. The van der Waals surface area contributed by atoms with Crippen LogP contribution < -0.4 is 0 Å². The zero-order valence-corrected chi connectivity index (χ0v) is 8.88. The SMILES string of the molecule is C=CCn1nc(C)c2cc([N+](=O)[O-])ccc21. The zero-order chi connectivity index (χ0) is 11.7. The lowest BCUT2D eigenvalue weighted by Gasteiger charge is -1.97. The van der Waals surface area contributed by atoms with Crippen LogP contribution in [0.2, 0.25) is 0 Å². The Morgan fingerprint density at radius 1 is 1.62 bits per heavy atom. The molecule has 0 N–H and O–H groups in total. The summed E-state index contributed by atoms with van der Waals surface area (Å²) in [4.78, 5) is 10.3. The number of aryl methyl sites for hydroxylation is 1. The summed E-state index contributed by atoms with van der Waals surface area (Å²) in [5.41, 5.74) is 1.78. The van der Waals surface area contributed by atoms with Gasteiger partial charge in [-0.3, -0.25) is 14.8 Å². The minimum absolute atomic E-state index is 0.0914. The molecule has 0 amide bonds. The van der Waals surface area contributed by atoms with Crippen LogP contribution >= 0.6 is 0 Å². The van der Waals surface area contributed by atoms with E-state index in [0.29, 0.717) is 6.54 Å². The highest BCUT2D eigenvalue weighted by atomic mass is 16.6. The summed E-state index contributed by atoms with van der Waals surface area (Å²) in [6.45, 7) is 6.09. The van der Waals surface area contributed by atoms with Crippen molar-refractivity contribution in [3.8, 4) is 0 Å². The van der Waals surface area contributed by atoms with Gasteiger partial charge in [0, 0.05) is 17.5 Å². The van der Waals surface area contributed by atoms with E-state index < -0.39 is 4.92 Å². The largest absolute Gasteiger partial charge is 0.270 e. The van der Waals surface area contributed by atoms with Crippen molar-refractivity contribution in [1.29, 1.82) is 0 Å². The second-order valence-electron chi connectivity index (χ2n) is 3.51. The van der Waals surface area contributed by atoms with Crippen molar-refractivity contribution in [3.05, 3.63) is 46.7 Å². The van der Waals surface area contributed by atoms with Gasteiger partial charge in [0.15, 0.2) is 0 Å². The predicted octanol–water partition coefficient (Wildman–Crippen LogP) is 2.44. The molecule has 0 aliphatic carbocycles. The van der Waals surface area contributed by atoms with Crippen LogP contribution in [-0.2, 0) is 6.54 Å². The minimum Gasteiger partial charge on any atom is -0.261 e. The van der Waals surface area contributed by atoms with Crippen molar-refractivity contribution in [2.75, 3.05) is 0 Å². The fraction of sp³-hybridized carbons (Fsp3) is 0.182. The van der Waals surface area contributed by atoms with Gasteiger partial charge < -0.3 is 0 Å². The molecule has 0 saturated carbocycles. The van der Waals surface area contributed by atoms with E-state index >= 15 is 0 Å². The number of non-ortho nitro benzene ring substituents is 1. The molecule has 16 heavy (non-hydrogen) atoms. The van der Waals surface area contributed by atoms with Crippen molar-refractivity contribution in [1.82, 2.24) is 9.78 Å². The number of hydrogen-bond donors (Lipinski definition) is 0. The van der Waals surface area contributed by atoms with Crippen molar-refractivity contribution >= 4 is 16.6 Å². The Morgan fingerprint density at radius 3 is 3.00 bits per heavy atom. The molecule has 1 aromatic carbocycles. The first-order valence-electron chi connectivity index (χ1n) is 4.86. The van der Waals surface area contributed by atoms with Gasteiger partial charge >= 0.3 is 0 Å². The third kappa shape index (κ3) is 1.56. The molecule has 0 aliphatic heterocycles. The lowest BCUT2D eigenvalue weighted by Crippen LogP contribution is -1.96. The normalized spacial score (nSPS) is 10.6. The summed E-state index contributed by atoms with van der Waals surface area (Å²) in [5.74, 6) is 0. The topological polar surface area (TPSA) is 61.0 Å². The Bertz CT molecular complexity index is 572. The van der Waals surface area contributed by atoms with Gasteiger partial charge in [0.2, 0.25) is 0 Å². The highest BCUT2D eigenvalue weighted by Gasteiger charge is 2.11. The van der Waals surface area contributed by atoms with Crippen LogP contribution in [0.15, 0.2) is 30.9 Å². The molecule has 5 nitrogen and oxygen atoms in total. The van der Waals surface area contributed by atoms with Crippen molar-refractivity contribution in [2.45, 2.75) is 13.5 Å². The average Bonchev–Trinajstić information content (AvgIpc) is 2.56. The maximum absolute atomic E-state index is 10.7. The monoisotopic (exact) mass is 217 g/mol. The van der Waals surface area contributed by atoms with E-state index in [-0.39, 0.29) is 5.69 Å². The van der Waals surface area contributed by atoms with Gasteiger partial charge in [-0.15, -0.1) is 6.58 Å². The van der Waals surface area contributed by atoms with E-state index in [1.54, 1.807) is 22.9 Å². The molecule has 0 radical (unpaired) electrons. The van der Waals surface area contributed by atoms with Crippen LogP contribution in [0.1, 0.15) is 5.69 Å². The standard InChI is InChI=1S/C11H11N3O2/c1-3-6-13-11-5-4-9(14(15)16)7-10(11)8(2)12-13/h3-5,7H,1,6H2,2H3. The van der Waals surface area contributed by atoms with E-state index in [0.717, 1.165) is 16.6 Å². The van der Waals surface area contributed by atoms with E-state index in [9.17, 15) is 10.1 Å². The summed E-state index contributed by atoms with van der Waals surface area (Å²) in [6, 6.07) is 4.76. The molecular weight excluding hydrogens is 206 g/mol. The third-order valence-corrected chi connectivity index (χ3v) is 2.43. The van der Waals surface area contributed by atoms with Crippen LogP contribution in [0.3, 0.4) is 0 Å². The van der Waals surface area contributed by atoms with Crippen LogP contribution in [0.25, 0.3) is 10.9 Å². The molecular formula is C11H11N3O2. The van der Waals surface area contributed by atoms with Crippen LogP contribution in [-0.4, -0.2) is 14.7 Å². The summed E-state index contributed by atoms with van der Waals surface area (Å²) < 4.78 is 1.78. The number of aromatic nitrogens is 2. The van der Waals surface area contributed by atoms with E-state index in [2.05, 4.69) is 11.7 Å². The Kier molecular flexibility index (Phi) is 2.44. The van der Waals surface area contributed by atoms with E-state index in [1.165, 1.54) is 6.07 Å². The average molecular weight is 217 g/mol. The van der Waals surface area contributed by atoms with Crippen LogP contribution in [0.4, 0.5) is 5.69 Å². The van der Waals surface area contributed by atoms with Crippen LogP contribution in [0, 0.1) is 17.0 Å². The third-order valence-electron chi connectivity index (χ3n) is 2.43. The maximum Gasteiger partial charge on any atom is 0.270 e. The Labute approximate surface area is 92.1 Å². The first-order valence-corrected chi connectivity index (χ1v) is 4.86. The van der Waals surface area contributed by atoms with Gasteiger partial charge in [0.05, 0.1) is 22.7 Å². The Balaban J connectivity index is 2.66. The maximum atomic E-state index is 10.7. The Morgan fingerprint density at radius 2 is 2.38 bits per heavy atom. The second-order valence-corrected chi connectivity index (χ2v) is 3.51. The second kappa shape index (κ2) is 3.77. The number of nitrogens with zero attached hydrogens (tertiary/aromatic N) is 3. The molecule has 0 fully saturated rings. The highest BCUT2D eigenvalue weighted by Crippen LogP contribution is 2.23. The highest BCUT2D eigenvalue weighted by molar-refractivity contribution is 5.84. The molecule has 0 atom stereocenters. The lowest BCUT2D eigenvalue weighted by molar-refractivity contribution is -0.384. The molecule has 0 unspecified atom stereocenters. The van der Waals surface area contributed by atoms with Gasteiger partial charge in [-0.1, -0.05) is 6.08 Å². The molecule has 1 aromatic heterocycles. The number of nitro groups is 1. The molecule has 5 heteroatoms. The fourth-order valence-corrected chi connectivity index (χ4v) is 1.70. The van der Waals surface area contributed by atoms with Gasteiger partial charge in [0.1, 0.15) is 0 Å².